The molecule has 1 saturated heterocycles. The van der Waals surface area contributed by atoms with E-state index in [2.05, 4.69) is 15.9 Å². The van der Waals surface area contributed by atoms with Gasteiger partial charge in [-0.15, -0.1) is 0 Å². The first-order chi connectivity index (χ1) is 9.38. The molecule has 0 amide bonds. The topological polar surface area (TPSA) is 43.4 Å². The third-order valence-corrected chi connectivity index (χ3v) is 6.73. The average molecular weight is 369 g/mol. The molecule has 0 aliphatic carbocycles. The average Bonchev–Trinajstić information content (AvgIpc) is 2.42. The minimum absolute atomic E-state index is 0.213. The summed E-state index contributed by atoms with van der Waals surface area (Å²) in [6, 6.07) is 2.49. The van der Waals surface area contributed by atoms with Gasteiger partial charge in [0.1, 0.15) is 16.5 Å². The molecule has 0 bridgehead atoms. The molecule has 2 rings (SSSR count). The Morgan fingerprint density at radius 1 is 1.25 bits per heavy atom. The van der Waals surface area contributed by atoms with Gasteiger partial charge in [-0.25, -0.2) is 17.2 Å². The Hall–Kier alpha value is -0.530. The summed E-state index contributed by atoms with van der Waals surface area (Å²) in [4.78, 5) is -0.565. The Bertz CT molecular complexity index is 583. The monoisotopic (exact) mass is 368 g/mol. The molecule has 0 unspecified atom stereocenters. The fourth-order valence-corrected chi connectivity index (χ4v) is 5.35. The van der Waals surface area contributed by atoms with Gasteiger partial charge in [-0.1, -0.05) is 15.9 Å². The third-order valence-electron chi connectivity index (χ3n) is 3.56. The Kier molecular flexibility index (Phi) is 4.81. The highest BCUT2D eigenvalue weighted by molar-refractivity contribution is 9.09. The lowest BCUT2D eigenvalue weighted by molar-refractivity contribution is 0.0367. The Morgan fingerprint density at radius 2 is 1.90 bits per heavy atom. The largest absolute Gasteiger partial charge is 0.381 e. The SMILES string of the molecule is O=S(=O)(CC1(CBr)CCOCC1)c1cc(F)ccc1F. The molecule has 0 saturated carbocycles. The van der Waals surface area contributed by atoms with E-state index in [0.29, 0.717) is 31.4 Å². The van der Waals surface area contributed by atoms with Crippen LogP contribution >= 0.6 is 15.9 Å². The molecule has 1 aliphatic rings. The van der Waals surface area contributed by atoms with Crippen LogP contribution in [-0.2, 0) is 14.6 Å². The number of ether oxygens (including phenoxy) is 1. The Morgan fingerprint density at radius 3 is 2.50 bits per heavy atom. The number of hydrogen-bond donors (Lipinski definition) is 0. The van der Waals surface area contributed by atoms with E-state index < -0.39 is 31.8 Å². The minimum Gasteiger partial charge on any atom is -0.381 e. The maximum atomic E-state index is 13.7. The van der Waals surface area contributed by atoms with E-state index in [9.17, 15) is 17.2 Å². The number of alkyl halides is 1. The minimum atomic E-state index is -3.88. The van der Waals surface area contributed by atoms with Crippen molar-refractivity contribution in [1.82, 2.24) is 0 Å². The molecule has 0 radical (unpaired) electrons. The molecule has 1 heterocycles. The molecule has 20 heavy (non-hydrogen) atoms. The second kappa shape index (κ2) is 6.07. The van der Waals surface area contributed by atoms with E-state index >= 15 is 0 Å². The van der Waals surface area contributed by atoms with Gasteiger partial charge < -0.3 is 4.74 Å². The van der Waals surface area contributed by atoms with Crippen molar-refractivity contribution in [2.24, 2.45) is 5.41 Å². The zero-order valence-electron chi connectivity index (χ0n) is 10.7. The van der Waals surface area contributed by atoms with Crippen LogP contribution in [0.2, 0.25) is 0 Å². The van der Waals surface area contributed by atoms with Crippen molar-refractivity contribution < 1.29 is 21.9 Å². The Balaban J connectivity index is 2.32. The van der Waals surface area contributed by atoms with Crippen molar-refractivity contribution in [2.75, 3.05) is 24.3 Å². The van der Waals surface area contributed by atoms with Crippen molar-refractivity contribution in [3.8, 4) is 0 Å². The number of hydrogen-bond acceptors (Lipinski definition) is 3. The van der Waals surface area contributed by atoms with Gasteiger partial charge in [-0.05, 0) is 36.5 Å². The lowest BCUT2D eigenvalue weighted by atomic mass is 9.85. The van der Waals surface area contributed by atoms with Gasteiger partial charge in [-0.2, -0.15) is 0 Å². The number of rotatable bonds is 4. The number of halogens is 3. The molecular weight excluding hydrogens is 354 g/mol. The van der Waals surface area contributed by atoms with E-state index in [1.54, 1.807) is 0 Å². The molecule has 7 heteroatoms. The molecule has 0 aromatic heterocycles. The van der Waals surface area contributed by atoms with Crippen molar-refractivity contribution in [2.45, 2.75) is 17.7 Å². The lowest BCUT2D eigenvalue weighted by Crippen LogP contribution is -2.37. The van der Waals surface area contributed by atoms with Gasteiger partial charge >= 0.3 is 0 Å². The highest BCUT2D eigenvalue weighted by atomic mass is 79.9. The van der Waals surface area contributed by atoms with Crippen molar-refractivity contribution >= 4 is 25.8 Å². The Labute approximate surface area is 125 Å². The van der Waals surface area contributed by atoms with Gasteiger partial charge in [0.05, 0.1) is 5.75 Å². The van der Waals surface area contributed by atoms with Crippen molar-refractivity contribution in [3.63, 3.8) is 0 Å². The quantitative estimate of drug-likeness (QED) is 0.767. The maximum Gasteiger partial charge on any atom is 0.181 e. The van der Waals surface area contributed by atoms with Gasteiger partial charge in [-0.3, -0.25) is 0 Å². The second-order valence-electron chi connectivity index (χ2n) is 5.08. The zero-order valence-corrected chi connectivity index (χ0v) is 13.1. The molecule has 112 valence electrons. The zero-order chi connectivity index (χ0) is 14.8. The standard InChI is InChI=1S/C13H15BrF2O3S/c14-8-13(3-5-19-6-4-13)9-20(17,18)12-7-10(15)1-2-11(12)16/h1-2,7H,3-6,8-9H2. The smallest absolute Gasteiger partial charge is 0.181 e. The molecule has 0 N–H and O–H groups in total. The van der Waals surface area contributed by atoms with E-state index in [1.165, 1.54) is 0 Å². The van der Waals surface area contributed by atoms with Crippen LogP contribution in [0.1, 0.15) is 12.8 Å². The van der Waals surface area contributed by atoms with Crippen LogP contribution in [-0.4, -0.2) is 32.7 Å². The first kappa shape index (κ1) is 15.9. The van der Waals surface area contributed by atoms with E-state index in [0.717, 1.165) is 18.2 Å². The number of sulfone groups is 1. The first-order valence-corrected chi connectivity index (χ1v) is 8.97. The summed E-state index contributed by atoms with van der Waals surface area (Å²) in [6.45, 7) is 0.958. The van der Waals surface area contributed by atoms with Crippen LogP contribution in [0.3, 0.4) is 0 Å². The molecule has 0 atom stereocenters. The first-order valence-electron chi connectivity index (χ1n) is 6.20. The fourth-order valence-electron chi connectivity index (χ4n) is 2.32. The summed E-state index contributed by atoms with van der Waals surface area (Å²) in [5, 5.41) is 0.486. The molecule has 0 spiro atoms. The number of benzene rings is 1. The maximum absolute atomic E-state index is 13.7. The molecular formula is C13H15BrF2O3S. The summed E-state index contributed by atoms with van der Waals surface area (Å²) in [6.07, 6.45) is 1.16. The molecule has 1 fully saturated rings. The third kappa shape index (κ3) is 3.38. The fraction of sp³-hybridized carbons (Fsp3) is 0.538. The predicted octanol–water partition coefficient (Wildman–Crippen LogP) is 2.93. The van der Waals surface area contributed by atoms with Gasteiger partial charge in [0.15, 0.2) is 9.84 Å². The van der Waals surface area contributed by atoms with Crippen LogP contribution in [0.5, 0.6) is 0 Å². The normalized spacial score (nSPS) is 18.9. The van der Waals surface area contributed by atoms with Crippen LogP contribution in [0.15, 0.2) is 23.1 Å². The van der Waals surface area contributed by atoms with Gasteiger partial charge in [0, 0.05) is 18.5 Å². The van der Waals surface area contributed by atoms with Gasteiger partial charge in [0.25, 0.3) is 0 Å². The molecule has 1 aromatic carbocycles. The van der Waals surface area contributed by atoms with E-state index in [-0.39, 0.29) is 5.75 Å². The van der Waals surface area contributed by atoms with Crippen LogP contribution in [0, 0.1) is 17.0 Å². The summed E-state index contributed by atoms with van der Waals surface area (Å²) in [7, 11) is -3.88. The second-order valence-corrected chi connectivity index (χ2v) is 7.60. The van der Waals surface area contributed by atoms with Crippen LogP contribution in [0.25, 0.3) is 0 Å². The summed E-state index contributed by atoms with van der Waals surface area (Å²) < 4.78 is 56.8. The summed E-state index contributed by atoms with van der Waals surface area (Å²) >= 11 is 3.34. The summed E-state index contributed by atoms with van der Waals surface area (Å²) in [5.41, 5.74) is -0.490. The summed E-state index contributed by atoms with van der Waals surface area (Å²) in [5.74, 6) is -1.89. The van der Waals surface area contributed by atoms with Gasteiger partial charge in [0.2, 0.25) is 0 Å². The lowest BCUT2D eigenvalue weighted by Gasteiger charge is -2.35. The van der Waals surface area contributed by atoms with Crippen LogP contribution in [0.4, 0.5) is 8.78 Å². The van der Waals surface area contributed by atoms with Crippen molar-refractivity contribution in [1.29, 1.82) is 0 Å². The highest BCUT2D eigenvalue weighted by Crippen LogP contribution is 2.36. The van der Waals surface area contributed by atoms with Crippen molar-refractivity contribution in [3.05, 3.63) is 29.8 Å². The highest BCUT2D eigenvalue weighted by Gasteiger charge is 2.37. The van der Waals surface area contributed by atoms with Crippen LogP contribution < -0.4 is 0 Å². The molecule has 1 aromatic rings. The molecule has 1 aliphatic heterocycles. The predicted molar refractivity (Wildman–Crippen MR) is 74.7 cm³/mol. The van der Waals surface area contributed by atoms with E-state index in [4.69, 9.17) is 4.74 Å². The molecule has 3 nitrogen and oxygen atoms in total. The van der Waals surface area contributed by atoms with E-state index in [1.807, 2.05) is 0 Å².